The number of piperidine rings is 1. The Balaban J connectivity index is 1.44. The Labute approximate surface area is 162 Å². The van der Waals surface area contributed by atoms with Crippen molar-refractivity contribution in [3.63, 3.8) is 0 Å². The van der Waals surface area contributed by atoms with Gasteiger partial charge in [-0.2, -0.15) is 0 Å². The van der Waals surface area contributed by atoms with Crippen molar-refractivity contribution in [1.82, 2.24) is 14.5 Å². The molecule has 2 aliphatic rings. The topological polar surface area (TPSA) is 38.1 Å². The molecule has 1 aliphatic heterocycles. The number of benzene rings is 1. The molecule has 1 aromatic heterocycles. The smallest absolute Gasteiger partial charge is 0.140 e. The summed E-state index contributed by atoms with van der Waals surface area (Å²) >= 11 is 0. The van der Waals surface area contributed by atoms with Crippen LogP contribution in [0.4, 0.5) is 0 Å². The lowest BCUT2D eigenvalue weighted by Gasteiger charge is -2.40. The summed E-state index contributed by atoms with van der Waals surface area (Å²) in [6.07, 6.45) is 12.5. The van der Waals surface area contributed by atoms with Crippen molar-refractivity contribution in [2.75, 3.05) is 13.1 Å². The minimum absolute atomic E-state index is 0.304. The van der Waals surface area contributed by atoms with Crippen LogP contribution in [0.15, 0.2) is 42.9 Å². The fraction of sp³-hybridized carbons (Fsp3) is 0.565. The van der Waals surface area contributed by atoms with Gasteiger partial charge in [0.2, 0.25) is 0 Å². The number of ketones is 1. The second kappa shape index (κ2) is 7.97. The third-order valence-electron chi connectivity index (χ3n) is 6.81. The van der Waals surface area contributed by atoms with Gasteiger partial charge in [0.05, 0.1) is 17.4 Å². The van der Waals surface area contributed by atoms with Crippen LogP contribution in [0.3, 0.4) is 0 Å². The number of nitrogens with zero attached hydrogens (tertiary/aromatic N) is 3. The predicted molar refractivity (Wildman–Crippen MR) is 108 cm³/mol. The molecule has 0 unspecified atom stereocenters. The van der Waals surface area contributed by atoms with Crippen molar-refractivity contribution < 1.29 is 4.79 Å². The molecule has 0 radical (unpaired) electrons. The third-order valence-corrected chi connectivity index (χ3v) is 6.81. The van der Waals surface area contributed by atoms with Crippen molar-refractivity contribution in [2.24, 2.45) is 0 Å². The zero-order valence-electron chi connectivity index (χ0n) is 16.4. The zero-order chi connectivity index (χ0) is 18.7. The average Bonchev–Trinajstić information content (AvgIpc) is 3.18. The summed E-state index contributed by atoms with van der Waals surface area (Å²) in [7, 11) is 0. The van der Waals surface area contributed by atoms with E-state index in [1.807, 2.05) is 18.6 Å². The van der Waals surface area contributed by atoms with Crippen molar-refractivity contribution in [3.05, 3.63) is 54.1 Å². The Morgan fingerprint density at radius 2 is 1.81 bits per heavy atom. The van der Waals surface area contributed by atoms with Crippen LogP contribution >= 0.6 is 0 Å². The van der Waals surface area contributed by atoms with E-state index in [0.717, 1.165) is 32.5 Å². The van der Waals surface area contributed by atoms with E-state index in [0.29, 0.717) is 11.8 Å². The van der Waals surface area contributed by atoms with Gasteiger partial charge in [-0.15, -0.1) is 0 Å². The molecule has 0 spiro atoms. The molecular weight excluding hydrogens is 334 g/mol. The van der Waals surface area contributed by atoms with Crippen LogP contribution in [0.2, 0.25) is 0 Å². The number of Topliss-reactive ketones (excluding diaryl/α,β-unsaturated/α-hetero) is 1. The number of hydrogen-bond donors (Lipinski definition) is 0. The highest BCUT2D eigenvalue weighted by atomic mass is 16.1. The van der Waals surface area contributed by atoms with Crippen molar-refractivity contribution in [2.45, 2.75) is 69.9 Å². The minimum atomic E-state index is -0.304. The first-order valence-electron chi connectivity index (χ1n) is 10.5. The fourth-order valence-electron chi connectivity index (χ4n) is 5.07. The van der Waals surface area contributed by atoms with Crippen LogP contribution in [-0.4, -0.2) is 33.3 Å². The van der Waals surface area contributed by atoms with Crippen molar-refractivity contribution in [3.8, 4) is 0 Å². The highest BCUT2D eigenvalue weighted by Crippen LogP contribution is 2.37. The highest BCUT2D eigenvalue weighted by Gasteiger charge is 2.40. The molecule has 2 aromatic rings. The molecule has 1 aromatic carbocycles. The van der Waals surface area contributed by atoms with Gasteiger partial charge in [-0.1, -0.05) is 49.6 Å². The molecule has 4 heteroatoms. The van der Waals surface area contributed by atoms with Crippen LogP contribution in [0.25, 0.3) is 0 Å². The lowest BCUT2D eigenvalue weighted by atomic mass is 9.70. The van der Waals surface area contributed by atoms with Gasteiger partial charge in [0, 0.05) is 18.8 Å². The van der Waals surface area contributed by atoms with Gasteiger partial charge in [0.15, 0.2) is 0 Å². The Kier molecular flexibility index (Phi) is 5.44. The highest BCUT2D eigenvalue weighted by molar-refractivity contribution is 5.88. The van der Waals surface area contributed by atoms with Crippen LogP contribution in [0, 0.1) is 0 Å². The number of rotatable bonds is 5. The first-order valence-corrected chi connectivity index (χ1v) is 10.5. The molecule has 4 nitrogen and oxygen atoms in total. The van der Waals surface area contributed by atoms with E-state index in [-0.39, 0.29) is 5.41 Å². The van der Waals surface area contributed by atoms with E-state index in [2.05, 4.69) is 38.7 Å². The van der Waals surface area contributed by atoms with Crippen LogP contribution in [0.5, 0.6) is 0 Å². The average molecular weight is 366 g/mol. The number of aromatic nitrogens is 2. The lowest BCUT2D eigenvalue weighted by Crippen LogP contribution is -2.46. The first kappa shape index (κ1) is 18.4. The van der Waals surface area contributed by atoms with Gasteiger partial charge >= 0.3 is 0 Å². The molecule has 144 valence electrons. The first-order chi connectivity index (χ1) is 13.2. The van der Waals surface area contributed by atoms with E-state index in [1.54, 1.807) is 6.92 Å². The number of imidazole rings is 1. The summed E-state index contributed by atoms with van der Waals surface area (Å²) in [5, 5.41) is 0. The summed E-state index contributed by atoms with van der Waals surface area (Å²) in [4.78, 5) is 19.5. The van der Waals surface area contributed by atoms with Crippen molar-refractivity contribution >= 4 is 5.78 Å². The maximum absolute atomic E-state index is 12.6. The number of carbonyl (C=O) groups is 1. The van der Waals surface area contributed by atoms with Crippen molar-refractivity contribution in [1.29, 1.82) is 0 Å². The molecule has 0 amide bonds. The predicted octanol–water partition coefficient (Wildman–Crippen LogP) is 4.51. The number of carbonyl (C=O) groups excluding carboxylic acids is 1. The number of hydrogen-bond acceptors (Lipinski definition) is 3. The summed E-state index contributed by atoms with van der Waals surface area (Å²) in [6, 6.07) is 11.0. The van der Waals surface area contributed by atoms with E-state index in [4.69, 9.17) is 0 Å². The lowest BCUT2D eigenvalue weighted by molar-refractivity contribution is -0.124. The monoisotopic (exact) mass is 365 g/mol. The molecule has 0 N–H and O–H groups in total. The SMILES string of the molecule is CC(=O)C1(c2ccccc2)CCN(Cc2cncn2C2CCCCC2)CC1. The quantitative estimate of drug-likeness (QED) is 0.782. The Morgan fingerprint density at radius 3 is 2.48 bits per heavy atom. The molecular formula is C23H31N3O. The molecule has 4 rings (SSSR count). The maximum Gasteiger partial charge on any atom is 0.140 e. The molecule has 2 heterocycles. The van der Waals surface area contributed by atoms with E-state index >= 15 is 0 Å². The van der Waals surface area contributed by atoms with Gasteiger partial charge in [-0.05, 0) is 51.3 Å². The van der Waals surface area contributed by atoms with Gasteiger partial charge < -0.3 is 4.57 Å². The molecule has 0 atom stereocenters. The largest absolute Gasteiger partial charge is 0.330 e. The van der Waals surface area contributed by atoms with Crippen LogP contribution < -0.4 is 0 Å². The molecule has 2 fully saturated rings. The zero-order valence-corrected chi connectivity index (χ0v) is 16.4. The van der Waals surface area contributed by atoms with E-state index in [9.17, 15) is 4.79 Å². The van der Waals surface area contributed by atoms with E-state index < -0.39 is 0 Å². The molecule has 1 saturated heterocycles. The van der Waals surface area contributed by atoms with E-state index in [1.165, 1.54) is 43.4 Å². The fourth-order valence-corrected chi connectivity index (χ4v) is 5.07. The van der Waals surface area contributed by atoms with Gasteiger partial charge in [-0.25, -0.2) is 4.98 Å². The second-order valence-electron chi connectivity index (χ2n) is 8.36. The molecule has 1 saturated carbocycles. The Hall–Kier alpha value is -1.94. The third kappa shape index (κ3) is 3.73. The summed E-state index contributed by atoms with van der Waals surface area (Å²) in [5.41, 5.74) is 2.21. The summed E-state index contributed by atoms with van der Waals surface area (Å²) in [5.74, 6) is 0.306. The Bertz CT molecular complexity index is 753. The van der Waals surface area contributed by atoms with Crippen LogP contribution in [0.1, 0.15) is 69.2 Å². The van der Waals surface area contributed by atoms with Crippen LogP contribution in [-0.2, 0) is 16.8 Å². The second-order valence-corrected chi connectivity index (χ2v) is 8.36. The molecule has 0 bridgehead atoms. The van der Waals surface area contributed by atoms with Gasteiger partial charge in [-0.3, -0.25) is 9.69 Å². The minimum Gasteiger partial charge on any atom is -0.330 e. The van der Waals surface area contributed by atoms with Gasteiger partial charge in [0.25, 0.3) is 0 Å². The molecule has 1 aliphatic carbocycles. The number of likely N-dealkylation sites (tertiary alicyclic amines) is 1. The maximum atomic E-state index is 12.6. The normalized spacial score (nSPS) is 21.2. The summed E-state index contributed by atoms with van der Waals surface area (Å²) < 4.78 is 2.42. The van der Waals surface area contributed by atoms with Gasteiger partial charge in [0.1, 0.15) is 5.78 Å². The standard InChI is InChI=1S/C23H31N3O/c1-19(27)23(20-8-4-2-5-9-20)12-14-25(15-13-23)17-22-16-24-18-26(22)21-10-6-3-7-11-21/h2,4-5,8-9,16,18,21H,3,6-7,10-15,17H2,1H3. The molecule has 27 heavy (non-hydrogen) atoms. The summed E-state index contributed by atoms with van der Waals surface area (Å²) in [6.45, 7) is 4.63. The Morgan fingerprint density at radius 1 is 1.11 bits per heavy atom.